The van der Waals surface area contributed by atoms with Crippen molar-refractivity contribution in [2.24, 2.45) is 0 Å². The van der Waals surface area contributed by atoms with Crippen molar-refractivity contribution in [2.75, 3.05) is 5.32 Å². The lowest BCUT2D eigenvalue weighted by Crippen LogP contribution is -2.21. The van der Waals surface area contributed by atoms with E-state index in [1.807, 2.05) is 32.0 Å². The molecule has 0 fully saturated rings. The molecule has 0 atom stereocenters. The Bertz CT molecular complexity index is 1280. The van der Waals surface area contributed by atoms with Gasteiger partial charge in [-0.1, -0.05) is 17.2 Å². The number of rotatable bonds is 4. The number of hydrogen-bond acceptors (Lipinski definition) is 5. The van der Waals surface area contributed by atoms with Crippen molar-refractivity contribution >= 4 is 11.7 Å². The molecule has 0 saturated heterocycles. The molecule has 0 aliphatic rings. The van der Waals surface area contributed by atoms with E-state index >= 15 is 0 Å². The Morgan fingerprint density at radius 3 is 2.47 bits per heavy atom. The summed E-state index contributed by atoms with van der Waals surface area (Å²) in [5, 5.41) is 7.37. The van der Waals surface area contributed by atoms with Crippen LogP contribution in [0.2, 0.25) is 0 Å². The number of nitrogens with one attached hydrogen (secondary N) is 2. The smallest absolute Gasteiger partial charge is 0.256 e. The average molecular weight is 403 g/mol. The van der Waals surface area contributed by atoms with Gasteiger partial charge in [0.1, 0.15) is 11.5 Å². The fraction of sp³-hybridized carbons (Fsp3) is 0.182. The number of anilines is 1. The molecule has 3 heterocycles. The lowest BCUT2D eigenvalue weighted by Gasteiger charge is -2.10. The summed E-state index contributed by atoms with van der Waals surface area (Å²) in [6.07, 6.45) is 1.54. The number of hydrogen-bond donors (Lipinski definition) is 2. The maximum absolute atomic E-state index is 12.9. The fourth-order valence-electron chi connectivity index (χ4n) is 3.20. The van der Waals surface area contributed by atoms with Crippen LogP contribution in [0.1, 0.15) is 32.7 Å². The lowest BCUT2D eigenvalue weighted by molar-refractivity contribution is 0.102. The molecule has 152 valence electrons. The standard InChI is InChI=1S/C22H21N5O3/c1-12-8-13(2)10-16(9-12)21(29)24-19-11-17(18-6-5-7-30-18)26-27(19)22-23-15(4)14(3)20(28)25-22/h5-11H,1-4H3,(H,24,29)(H,23,25,28). The molecule has 30 heavy (non-hydrogen) atoms. The largest absolute Gasteiger partial charge is 0.463 e. The van der Waals surface area contributed by atoms with Gasteiger partial charge in [-0.3, -0.25) is 14.6 Å². The van der Waals surface area contributed by atoms with Gasteiger partial charge in [-0.05, 0) is 52.0 Å². The van der Waals surface area contributed by atoms with Gasteiger partial charge in [0.2, 0.25) is 5.95 Å². The van der Waals surface area contributed by atoms with Gasteiger partial charge in [0.05, 0.1) is 6.26 Å². The molecule has 3 aromatic heterocycles. The number of aromatic nitrogens is 4. The Hall–Kier alpha value is -3.94. The minimum Gasteiger partial charge on any atom is -0.463 e. The normalized spacial score (nSPS) is 10.9. The fourth-order valence-corrected chi connectivity index (χ4v) is 3.20. The second-order valence-electron chi connectivity index (χ2n) is 7.23. The molecule has 8 nitrogen and oxygen atoms in total. The van der Waals surface area contributed by atoms with E-state index in [9.17, 15) is 9.59 Å². The van der Waals surface area contributed by atoms with Crippen LogP contribution in [0.5, 0.6) is 0 Å². The third-order valence-electron chi connectivity index (χ3n) is 4.79. The van der Waals surface area contributed by atoms with Crippen molar-refractivity contribution in [1.82, 2.24) is 19.7 Å². The van der Waals surface area contributed by atoms with Crippen molar-refractivity contribution in [3.63, 3.8) is 0 Å². The Morgan fingerprint density at radius 2 is 1.83 bits per heavy atom. The second-order valence-corrected chi connectivity index (χ2v) is 7.23. The van der Waals surface area contributed by atoms with E-state index in [4.69, 9.17) is 4.42 Å². The Labute approximate surface area is 172 Å². The summed E-state index contributed by atoms with van der Waals surface area (Å²) in [7, 11) is 0. The third kappa shape index (κ3) is 3.67. The molecular weight excluding hydrogens is 382 g/mol. The Balaban J connectivity index is 1.80. The minimum absolute atomic E-state index is 0.205. The van der Waals surface area contributed by atoms with Crippen LogP contribution >= 0.6 is 0 Å². The van der Waals surface area contributed by atoms with Crippen LogP contribution in [-0.4, -0.2) is 25.7 Å². The zero-order valence-electron chi connectivity index (χ0n) is 17.1. The molecular formula is C22H21N5O3. The molecule has 0 radical (unpaired) electrons. The van der Waals surface area contributed by atoms with Gasteiger partial charge in [0, 0.05) is 22.9 Å². The number of benzene rings is 1. The summed E-state index contributed by atoms with van der Waals surface area (Å²) in [5.74, 6) is 0.801. The van der Waals surface area contributed by atoms with Crippen molar-refractivity contribution < 1.29 is 9.21 Å². The summed E-state index contributed by atoms with van der Waals surface area (Å²) >= 11 is 0. The van der Waals surface area contributed by atoms with Crippen LogP contribution in [-0.2, 0) is 0 Å². The van der Waals surface area contributed by atoms with E-state index < -0.39 is 0 Å². The predicted octanol–water partition coefficient (Wildman–Crippen LogP) is 3.70. The summed E-state index contributed by atoms with van der Waals surface area (Å²) < 4.78 is 6.83. The number of aromatic amines is 1. The number of furan rings is 1. The number of nitrogens with zero attached hydrogens (tertiary/aromatic N) is 3. The van der Waals surface area contributed by atoms with E-state index in [1.165, 1.54) is 10.9 Å². The highest BCUT2D eigenvalue weighted by atomic mass is 16.3. The van der Waals surface area contributed by atoms with E-state index in [1.54, 1.807) is 32.0 Å². The highest BCUT2D eigenvalue weighted by molar-refractivity contribution is 6.04. The molecule has 4 rings (SSSR count). The third-order valence-corrected chi connectivity index (χ3v) is 4.79. The minimum atomic E-state index is -0.292. The van der Waals surface area contributed by atoms with Crippen molar-refractivity contribution in [3.8, 4) is 17.4 Å². The van der Waals surface area contributed by atoms with Crippen LogP contribution in [0, 0.1) is 27.7 Å². The van der Waals surface area contributed by atoms with Gasteiger partial charge in [-0.2, -0.15) is 9.78 Å². The highest BCUT2D eigenvalue weighted by Gasteiger charge is 2.18. The van der Waals surface area contributed by atoms with Crippen LogP contribution in [0.4, 0.5) is 5.82 Å². The summed E-state index contributed by atoms with van der Waals surface area (Å²) in [4.78, 5) is 32.3. The lowest BCUT2D eigenvalue weighted by atomic mass is 10.1. The van der Waals surface area contributed by atoms with E-state index in [2.05, 4.69) is 20.4 Å². The predicted molar refractivity (Wildman–Crippen MR) is 113 cm³/mol. The van der Waals surface area contributed by atoms with Crippen molar-refractivity contribution in [3.05, 3.63) is 81.0 Å². The van der Waals surface area contributed by atoms with Gasteiger partial charge < -0.3 is 9.73 Å². The molecule has 8 heteroatoms. The van der Waals surface area contributed by atoms with E-state index in [0.717, 1.165) is 11.1 Å². The first-order chi connectivity index (χ1) is 14.3. The topological polar surface area (TPSA) is 106 Å². The van der Waals surface area contributed by atoms with Crippen LogP contribution in [0.15, 0.2) is 51.9 Å². The molecule has 1 aromatic carbocycles. The van der Waals surface area contributed by atoms with Crippen LogP contribution in [0.3, 0.4) is 0 Å². The van der Waals surface area contributed by atoms with Crippen molar-refractivity contribution in [1.29, 1.82) is 0 Å². The maximum atomic E-state index is 12.9. The van der Waals surface area contributed by atoms with E-state index in [-0.39, 0.29) is 17.4 Å². The molecule has 4 aromatic rings. The summed E-state index contributed by atoms with van der Waals surface area (Å²) in [5.41, 5.74) is 3.85. The monoisotopic (exact) mass is 403 g/mol. The molecule has 0 unspecified atom stereocenters. The Morgan fingerprint density at radius 1 is 1.10 bits per heavy atom. The molecule has 2 N–H and O–H groups in total. The molecule has 1 amide bonds. The number of H-pyrrole nitrogens is 1. The van der Waals surface area contributed by atoms with Gasteiger partial charge >= 0.3 is 0 Å². The highest BCUT2D eigenvalue weighted by Crippen LogP contribution is 2.24. The second kappa shape index (κ2) is 7.47. The zero-order valence-corrected chi connectivity index (χ0v) is 17.1. The quantitative estimate of drug-likeness (QED) is 0.540. The molecule has 0 saturated carbocycles. The molecule has 0 bridgehead atoms. The van der Waals surface area contributed by atoms with Gasteiger partial charge in [-0.15, -0.1) is 0 Å². The number of carbonyl (C=O) groups excluding carboxylic acids is 1. The van der Waals surface area contributed by atoms with Crippen molar-refractivity contribution in [2.45, 2.75) is 27.7 Å². The summed E-state index contributed by atoms with van der Waals surface area (Å²) in [6.45, 7) is 7.32. The van der Waals surface area contributed by atoms with E-state index in [0.29, 0.717) is 34.1 Å². The van der Waals surface area contributed by atoms with Crippen LogP contribution in [0.25, 0.3) is 17.4 Å². The van der Waals surface area contributed by atoms with Gasteiger partial charge in [0.15, 0.2) is 5.76 Å². The SMILES string of the molecule is Cc1cc(C)cc(C(=O)Nc2cc(-c3ccco3)nn2-c2nc(C)c(C)c(=O)[nH]2)c1. The maximum Gasteiger partial charge on any atom is 0.256 e. The first kappa shape index (κ1) is 19.4. The first-order valence-electron chi connectivity index (χ1n) is 9.43. The first-order valence-corrected chi connectivity index (χ1v) is 9.43. The Kier molecular flexibility index (Phi) is 4.83. The average Bonchev–Trinajstić information content (AvgIpc) is 3.34. The summed E-state index contributed by atoms with van der Waals surface area (Å²) in [6, 6.07) is 10.8. The van der Waals surface area contributed by atoms with Gasteiger partial charge in [-0.25, -0.2) is 4.98 Å². The van der Waals surface area contributed by atoms with Gasteiger partial charge in [0.25, 0.3) is 11.5 Å². The number of aryl methyl sites for hydroxylation is 3. The zero-order chi connectivity index (χ0) is 21.4. The number of amides is 1. The molecule has 0 spiro atoms. The molecule has 0 aliphatic carbocycles. The molecule has 0 aliphatic heterocycles. The van der Waals surface area contributed by atoms with Crippen LogP contribution < -0.4 is 10.9 Å². The number of carbonyl (C=O) groups is 1.